The van der Waals surface area contributed by atoms with Crippen LogP contribution in [-0.2, 0) is 0 Å². The molecule has 0 amide bonds. The van der Waals surface area contributed by atoms with E-state index in [4.69, 9.17) is 0 Å². The van der Waals surface area contributed by atoms with Gasteiger partial charge < -0.3 is 0 Å². The van der Waals surface area contributed by atoms with E-state index in [9.17, 15) is 32.6 Å². The lowest BCUT2D eigenvalue weighted by atomic mass is 10.3. The molecule has 0 nitrogen and oxygen atoms in total. The fourth-order valence-corrected chi connectivity index (χ4v) is 1.73. The first-order valence-electron chi connectivity index (χ1n) is 3.20. The van der Waals surface area contributed by atoms with Crippen LogP contribution in [0.2, 0.25) is 0 Å². The molecule has 0 saturated heterocycles. The predicted octanol–water partition coefficient (Wildman–Crippen LogP) is 4.76. The van der Waals surface area contributed by atoms with E-state index in [1.807, 2.05) is 0 Å². The average Bonchev–Trinajstić information content (AvgIpc) is 1.91. The van der Waals surface area contributed by atoms with Crippen molar-refractivity contribution in [1.29, 1.82) is 0 Å². The second-order valence-electron chi connectivity index (χ2n) is 2.64. The van der Waals surface area contributed by atoms with Crippen molar-refractivity contribution in [2.75, 3.05) is 0 Å². The lowest BCUT2D eigenvalue weighted by Gasteiger charge is -2.40. The molecule has 0 aromatic heterocycles. The van der Waals surface area contributed by atoms with Gasteiger partial charge >= 0.3 is 10.2 Å². The van der Waals surface area contributed by atoms with Gasteiger partial charge in [-0.1, -0.05) is 19.4 Å². The highest BCUT2D eigenvalue weighted by Gasteiger charge is 2.69. The van der Waals surface area contributed by atoms with Gasteiger partial charge in [0.25, 0.3) is 0 Å². The third-order valence-electron chi connectivity index (χ3n) is 1.39. The maximum Gasteiger partial charge on any atom is 0.315 e. The van der Waals surface area contributed by atoms with Gasteiger partial charge in [0.2, 0.25) is 0 Å². The van der Waals surface area contributed by atoms with E-state index in [-0.39, 0.29) is 12.1 Å². The third-order valence-corrected chi connectivity index (χ3v) is 2.53. The van der Waals surface area contributed by atoms with E-state index in [0.717, 1.165) is 0 Å². The second kappa shape index (κ2) is 2.39. The van der Waals surface area contributed by atoms with Crippen LogP contribution in [0.3, 0.4) is 0 Å². The molecular weight excluding hydrogens is 256 g/mol. The SMILES string of the molecule is Fc1ccc(F)c(S(F)(F)(F)(F)F)c1F. The molecular formula is C6H2F8S. The average molecular weight is 258 g/mol. The van der Waals surface area contributed by atoms with Crippen molar-refractivity contribution in [1.82, 2.24) is 0 Å². The number of hydrogen-bond acceptors (Lipinski definition) is 0. The number of halogens is 8. The Labute approximate surface area is 78.2 Å². The minimum atomic E-state index is -10.6. The molecule has 0 aliphatic carbocycles. The monoisotopic (exact) mass is 258 g/mol. The van der Waals surface area contributed by atoms with Crippen LogP contribution in [0.1, 0.15) is 0 Å². The molecule has 0 heterocycles. The van der Waals surface area contributed by atoms with Crippen molar-refractivity contribution in [3.05, 3.63) is 29.6 Å². The molecule has 88 valence electrons. The summed E-state index contributed by atoms with van der Waals surface area (Å²) in [7, 11) is -10.6. The molecule has 0 fully saturated rings. The highest BCUT2D eigenvalue weighted by atomic mass is 32.5. The summed E-state index contributed by atoms with van der Waals surface area (Å²) in [6.45, 7) is 0. The number of benzene rings is 1. The van der Waals surface area contributed by atoms with Crippen molar-refractivity contribution in [2.45, 2.75) is 4.90 Å². The molecule has 0 spiro atoms. The van der Waals surface area contributed by atoms with Gasteiger partial charge in [-0.3, -0.25) is 0 Å². The first-order valence-corrected chi connectivity index (χ1v) is 5.15. The van der Waals surface area contributed by atoms with Gasteiger partial charge in [0.1, 0.15) is 5.82 Å². The molecule has 0 N–H and O–H groups in total. The molecule has 9 heteroatoms. The van der Waals surface area contributed by atoms with E-state index >= 15 is 0 Å². The zero-order valence-electron chi connectivity index (χ0n) is 6.59. The normalized spacial score (nSPS) is 17.1. The molecule has 0 aliphatic rings. The fraction of sp³-hybridized carbons (Fsp3) is 0. The molecule has 1 rings (SSSR count). The largest absolute Gasteiger partial charge is 0.315 e. The Morgan fingerprint density at radius 1 is 0.733 bits per heavy atom. The van der Waals surface area contributed by atoms with Crippen LogP contribution in [0.5, 0.6) is 0 Å². The summed E-state index contributed by atoms with van der Waals surface area (Å²) < 4.78 is 97.2. The van der Waals surface area contributed by atoms with Crippen LogP contribution in [0, 0.1) is 17.5 Å². The summed E-state index contributed by atoms with van der Waals surface area (Å²) in [5.41, 5.74) is 0. The highest BCUT2D eigenvalue weighted by Crippen LogP contribution is 3.02. The summed E-state index contributed by atoms with van der Waals surface area (Å²) in [5.74, 6) is -7.68. The van der Waals surface area contributed by atoms with Gasteiger partial charge in [-0.25, -0.2) is 13.2 Å². The Kier molecular flexibility index (Phi) is 1.93. The molecule has 0 aliphatic heterocycles. The van der Waals surface area contributed by atoms with Gasteiger partial charge in [0.15, 0.2) is 16.5 Å². The Balaban J connectivity index is 3.75. The van der Waals surface area contributed by atoms with Crippen LogP contribution in [0.4, 0.5) is 32.6 Å². The van der Waals surface area contributed by atoms with Gasteiger partial charge in [0, 0.05) is 0 Å². The Hall–Kier alpha value is -0.990. The summed E-state index contributed by atoms with van der Waals surface area (Å²) in [4.78, 5) is -3.45. The Morgan fingerprint density at radius 2 is 1.13 bits per heavy atom. The van der Waals surface area contributed by atoms with Gasteiger partial charge in [-0.05, 0) is 12.1 Å². The third kappa shape index (κ3) is 2.33. The smallest absolute Gasteiger partial charge is 0.205 e. The number of hydrogen-bond donors (Lipinski definition) is 0. The van der Waals surface area contributed by atoms with E-state index in [1.54, 1.807) is 0 Å². The second-order valence-corrected chi connectivity index (χ2v) is 4.99. The molecule has 0 radical (unpaired) electrons. The van der Waals surface area contributed by atoms with E-state index < -0.39 is 32.6 Å². The van der Waals surface area contributed by atoms with Crippen molar-refractivity contribution in [3.8, 4) is 0 Å². The van der Waals surface area contributed by atoms with Crippen LogP contribution < -0.4 is 0 Å². The van der Waals surface area contributed by atoms with Crippen LogP contribution in [-0.4, -0.2) is 0 Å². The molecule has 0 saturated carbocycles. The zero-order chi connectivity index (χ0) is 12.1. The van der Waals surface area contributed by atoms with Crippen molar-refractivity contribution >= 4 is 10.2 Å². The lowest BCUT2D eigenvalue weighted by Crippen LogP contribution is -2.12. The quantitative estimate of drug-likeness (QED) is 0.503. The molecule has 0 bridgehead atoms. The summed E-state index contributed by atoms with van der Waals surface area (Å²) >= 11 is 0. The van der Waals surface area contributed by atoms with Crippen molar-refractivity contribution < 1.29 is 32.6 Å². The maximum atomic E-state index is 12.5. The van der Waals surface area contributed by atoms with Crippen molar-refractivity contribution in [2.24, 2.45) is 0 Å². The topological polar surface area (TPSA) is 0 Å². The summed E-state index contributed by atoms with van der Waals surface area (Å²) in [6.07, 6.45) is 0. The molecule has 15 heavy (non-hydrogen) atoms. The maximum absolute atomic E-state index is 12.5. The molecule has 0 atom stereocenters. The van der Waals surface area contributed by atoms with E-state index in [1.165, 1.54) is 0 Å². The number of rotatable bonds is 1. The highest BCUT2D eigenvalue weighted by molar-refractivity contribution is 8.45. The van der Waals surface area contributed by atoms with Crippen LogP contribution >= 0.6 is 10.2 Å². The Morgan fingerprint density at radius 3 is 1.47 bits per heavy atom. The van der Waals surface area contributed by atoms with E-state index in [2.05, 4.69) is 0 Å². The standard InChI is InChI=1S/C6H2F8S/c7-3-1-2-4(8)6(5(3)9)15(10,11,12,13)14/h1-2H. The lowest BCUT2D eigenvalue weighted by molar-refractivity contribution is 0.338. The van der Waals surface area contributed by atoms with E-state index in [0.29, 0.717) is 0 Å². The summed E-state index contributed by atoms with van der Waals surface area (Å²) in [5, 5.41) is 0. The molecule has 1 aromatic rings. The van der Waals surface area contributed by atoms with Gasteiger partial charge in [-0.2, -0.15) is 0 Å². The van der Waals surface area contributed by atoms with Crippen LogP contribution in [0.25, 0.3) is 0 Å². The summed E-state index contributed by atoms with van der Waals surface area (Å²) in [6, 6.07) is -0.233. The molecule has 1 aromatic carbocycles. The minimum absolute atomic E-state index is 0.0162. The zero-order valence-corrected chi connectivity index (χ0v) is 7.40. The van der Waals surface area contributed by atoms with Crippen LogP contribution in [0.15, 0.2) is 17.0 Å². The fourth-order valence-electron chi connectivity index (χ4n) is 0.862. The molecule has 0 unspecified atom stereocenters. The first-order chi connectivity index (χ1) is 6.33. The van der Waals surface area contributed by atoms with Crippen molar-refractivity contribution in [3.63, 3.8) is 0 Å². The first kappa shape index (κ1) is 12.1. The van der Waals surface area contributed by atoms with Gasteiger partial charge in [0.05, 0.1) is 0 Å². The van der Waals surface area contributed by atoms with Gasteiger partial charge in [-0.15, -0.1) is 0 Å². The Bertz CT molecular complexity index is 418. The minimum Gasteiger partial charge on any atom is -0.205 e. The predicted molar refractivity (Wildman–Crippen MR) is 37.7 cm³/mol.